The van der Waals surface area contributed by atoms with E-state index in [9.17, 15) is 15.0 Å². The molecule has 3 atom stereocenters. The Hall–Kier alpha value is -1.59. The number of piperidine rings is 1. The summed E-state index contributed by atoms with van der Waals surface area (Å²) < 4.78 is 5.87. The van der Waals surface area contributed by atoms with Crippen molar-refractivity contribution in [3.8, 4) is 0 Å². The van der Waals surface area contributed by atoms with Gasteiger partial charge in [0.15, 0.2) is 0 Å². The number of carboxylic acid groups (broad SMARTS) is 1. The smallest absolute Gasteiger partial charge is 0.407 e. The van der Waals surface area contributed by atoms with E-state index in [0.29, 0.717) is 26.1 Å². The van der Waals surface area contributed by atoms with Crippen LogP contribution in [0.1, 0.15) is 25.3 Å². The molecule has 2 rings (SSSR count). The average molecular weight is 293 g/mol. The third kappa shape index (κ3) is 5.02. The Morgan fingerprint density at radius 1 is 1.38 bits per heavy atom. The van der Waals surface area contributed by atoms with E-state index < -0.39 is 12.2 Å². The number of ether oxygens (including phenoxy) is 1. The minimum atomic E-state index is -0.918. The fourth-order valence-corrected chi connectivity index (χ4v) is 2.87. The van der Waals surface area contributed by atoms with E-state index in [-0.39, 0.29) is 12.0 Å². The van der Waals surface area contributed by atoms with Crippen LogP contribution in [0, 0.1) is 5.92 Å². The van der Waals surface area contributed by atoms with Crippen LogP contribution in [-0.4, -0.2) is 46.5 Å². The zero-order chi connectivity index (χ0) is 15.2. The SMILES string of the molecule is CC(O)CC1CC(OCc2ccccc2)CN(C(=O)O)C1. The van der Waals surface area contributed by atoms with Crippen LogP contribution in [0.4, 0.5) is 4.79 Å². The molecule has 1 amide bonds. The van der Waals surface area contributed by atoms with Gasteiger partial charge < -0.3 is 19.8 Å². The van der Waals surface area contributed by atoms with Gasteiger partial charge in [-0.2, -0.15) is 0 Å². The van der Waals surface area contributed by atoms with Crippen molar-refractivity contribution in [3.63, 3.8) is 0 Å². The minimum absolute atomic E-state index is 0.112. The summed E-state index contributed by atoms with van der Waals surface area (Å²) in [5.74, 6) is 0.149. The van der Waals surface area contributed by atoms with Gasteiger partial charge in [-0.25, -0.2) is 4.79 Å². The summed E-state index contributed by atoms with van der Waals surface area (Å²) in [4.78, 5) is 12.6. The lowest BCUT2D eigenvalue weighted by molar-refractivity contribution is -0.0299. The van der Waals surface area contributed by atoms with Crippen LogP contribution >= 0.6 is 0 Å². The molecule has 2 N–H and O–H groups in total. The molecule has 0 spiro atoms. The second kappa shape index (κ2) is 7.43. The lowest BCUT2D eigenvalue weighted by atomic mass is 9.91. The number of rotatable bonds is 5. The Morgan fingerprint density at radius 3 is 2.71 bits per heavy atom. The second-order valence-corrected chi connectivity index (χ2v) is 5.79. The van der Waals surface area contributed by atoms with E-state index in [4.69, 9.17) is 4.74 Å². The molecule has 5 heteroatoms. The molecule has 21 heavy (non-hydrogen) atoms. The van der Waals surface area contributed by atoms with Gasteiger partial charge in [-0.15, -0.1) is 0 Å². The van der Waals surface area contributed by atoms with Gasteiger partial charge in [0, 0.05) is 6.54 Å². The molecule has 0 aromatic heterocycles. The maximum absolute atomic E-state index is 11.2. The molecule has 3 unspecified atom stereocenters. The standard InChI is InChI=1S/C16H23NO4/c1-12(18)7-14-8-15(10-17(9-14)16(19)20)21-11-13-5-3-2-4-6-13/h2-6,12,14-15,18H,7-11H2,1H3,(H,19,20). The summed E-state index contributed by atoms with van der Waals surface area (Å²) in [6.07, 6.45) is -0.0489. The molecule has 116 valence electrons. The molecule has 1 aliphatic rings. The number of likely N-dealkylation sites (tertiary alicyclic amines) is 1. The van der Waals surface area contributed by atoms with Gasteiger partial charge in [-0.1, -0.05) is 30.3 Å². The van der Waals surface area contributed by atoms with Gasteiger partial charge in [0.25, 0.3) is 0 Å². The summed E-state index contributed by atoms with van der Waals surface area (Å²) >= 11 is 0. The van der Waals surface area contributed by atoms with E-state index in [1.54, 1.807) is 6.92 Å². The molecule has 5 nitrogen and oxygen atoms in total. The van der Waals surface area contributed by atoms with E-state index in [1.807, 2.05) is 30.3 Å². The zero-order valence-corrected chi connectivity index (χ0v) is 12.3. The summed E-state index contributed by atoms with van der Waals surface area (Å²) in [5.41, 5.74) is 1.08. The quantitative estimate of drug-likeness (QED) is 0.874. The molecule has 0 saturated carbocycles. The molecule has 1 aromatic carbocycles. The first kappa shape index (κ1) is 15.8. The highest BCUT2D eigenvalue weighted by atomic mass is 16.5. The third-order valence-electron chi connectivity index (χ3n) is 3.77. The summed E-state index contributed by atoms with van der Waals surface area (Å²) in [6, 6.07) is 9.85. The van der Waals surface area contributed by atoms with Crippen LogP contribution < -0.4 is 0 Å². The van der Waals surface area contributed by atoms with Gasteiger partial charge in [-0.05, 0) is 31.2 Å². The fourth-order valence-electron chi connectivity index (χ4n) is 2.87. The van der Waals surface area contributed by atoms with Crippen molar-refractivity contribution in [2.75, 3.05) is 13.1 Å². The normalized spacial score (nSPS) is 23.8. The van der Waals surface area contributed by atoms with Crippen LogP contribution in [0.15, 0.2) is 30.3 Å². The van der Waals surface area contributed by atoms with Crippen molar-refractivity contribution in [2.45, 2.75) is 38.6 Å². The van der Waals surface area contributed by atoms with Crippen molar-refractivity contribution in [2.24, 2.45) is 5.92 Å². The van der Waals surface area contributed by atoms with Gasteiger partial charge in [0.1, 0.15) is 0 Å². The zero-order valence-electron chi connectivity index (χ0n) is 12.3. The molecule has 1 fully saturated rings. The molecule has 1 heterocycles. The lowest BCUT2D eigenvalue weighted by Gasteiger charge is -2.36. The van der Waals surface area contributed by atoms with Crippen LogP contribution in [0.5, 0.6) is 0 Å². The number of amides is 1. The monoisotopic (exact) mass is 293 g/mol. The number of hydrogen-bond acceptors (Lipinski definition) is 3. The first-order valence-electron chi connectivity index (χ1n) is 7.36. The first-order chi connectivity index (χ1) is 10.0. The van der Waals surface area contributed by atoms with Crippen LogP contribution in [0.2, 0.25) is 0 Å². The Balaban J connectivity index is 1.92. The van der Waals surface area contributed by atoms with Gasteiger partial charge in [0.05, 0.1) is 25.4 Å². The van der Waals surface area contributed by atoms with Crippen LogP contribution in [-0.2, 0) is 11.3 Å². The van der Waals surface area contributed by atoms with Crippen molar-refractivity contribution in [1.29, 1.82) is 0 Å². The first-order valence-corrected chi connectivity index (χ1v) is 7.36. The summed E-state index contributed by atoms with van der Waals surface area (Å²) in [6.45, 7) is 3.10. The minimum Gasteiger partial charge on any atom is -0.465 e. The highest BCUT2D eigenvalue weighted by Gasteiger charge is 2.31. The number of hydrogen-bond donors (Lipinski definition) is 2. The number of aliphatic hydroxyl groups is 1. The molecule has 0 radical (unpaired) electrons. The van der Waals surface area contributed by atoms with E-state index in [1.165, 1.54) is 4.90 Å². The maximum atomic E-state index is 11.2. The van der Waals surface area contributed by atoms with Gasteiger partial charge in [-0.3, -0.25) is 0 Å². The van der Waals surface area contributed by atoms with Crippen molar-refractivity contribution < 1.29 is 19.7 Å². The number of carbonyl (C=O) groups is 1. The molecule has 1 aliphatic heterocycles. The van der Waals surface area contributed by atoms with Crippen molar-refractivity contribution in [3.05, 3.63) is 35.9 Å². The maximum Gasteiger partial charge on any atom is 0.407 e. The predicted molar refractivity (Wildman–Crippen MR) is 79.0 cm³/mol. The number of benzene rings is 1. The molecule has 1 saturated heterocycles. The molecule has 0 bridgehead atoms. The lowest BCUT2D eigenvalue weighted by Crippen LogP contribution is -2.47. The number of nitrogens with zero attached hydrogens (tertiary/aromatic N) is 1. The van der Waals surface area contributed by atoms with Crippen LogP contribution in [0.25, 0.3) is 0 Å². The van der Waals surface area contributed by atoms with Gasteiger partial charge >= 0.3 is 6.09 Å². The van der Waals surface area contributed by atoms with E-state index in [2.05, 4.69) is 0 Å². The summed E-state index contributed by atoms with van der Waals surface area (Å²) in [5, 5.41) is 18.7. The Labute approximate surface area is 125 Å². The predicted octanol–water partition coefficient (Wildman–Crippen LogP) is 2.34. The van der Waals surface area contributed by atoms with Crippen molar-refractivity contribution in [1.82, 2.24) is 4.90 Å². The molecule has 0 aliphatic carbocycles. The third-order valence-corrected chi connectivity index (χ3v) is 3.77. The molecular weight excluding hydrogens is 270 g/mol. The highest BCUT2D eigenvalue weighted by molar-refractivity contribution is 5.65. The number of aliphatic hydroxyl groups excluding tert-OH is 1. The Bertz CT molecular complexity index is 449. The fraction of sp³-hybridized carbons (Fsp3) is 0.562. The Morgan fingerprint density at radius 2 is 2.10 bits per heavy atom. The van der Waals surface area contributed by atoms with E-state index in [0.717, 1.165) is 12.0 Å². The topological polar surface area (TPSA) is 70.0 Å². The van der Waals surface area contributed by atoms with Crippen LogP contribution in [0.3, 0.4) is 0 Å². The van der Waals surface area contributed by atoms with Crippen molar-refractivity contribution >= 4 is 6.09 Å². The average Bonchev–Trinajstić information content (AvgIpc) is 2.45. The van der Waals surface area contributed by atoms with E-state index >= 15 is 0 Å². The highest BCUT2D eigenvalue weighted by Crippen LogP contribution is 2.24. The largest absolute Gasteiger partial charge is 0.465 e. The molecule has 1 aromatic rings. The summed E-state index contributed by atoms with van der Waals surface area (Å²) in [7, 11) is 0. The molecular formula is C16H23NO4. The second-order valence-electron chi connectivity index (χ2n) is 5.79. The van der Waals surface area contributed by atoms with Gasteiger partial charge in [0.2, 0.25) is 0 Å². The Kier molecular flexibility index (Phi) is 5.59.